The second-order valence-electron chi connectivity index (χ2n) is 3.76. The van der Waals surface area contributed by atoms with E-state index in [1.165, 1.54) is 12.8 Å². The molecule has 0 radical (unpaired) electrons. The molecule has 0 bridgehead atoms. The third-order valence-electron chi connectivity index (χ3n) is 2.40. The molecule has 1 saturated heterocycles. The zero-order valence-electron chi connectivity index (χ0n) is 9.29. The van der Waals surface area contributed by atoms with Crippen molar-refractivity contribution in [3.63, 3.8) is 0 Å². The van der Waals surface area contributed by atoms with Gasteiger partial charge in [-0.1, -0.05) is 28.1 Å². The maximum Gasteiger partial charge on any atom is 0.157 e. The number of allylic oxidation sites excluding steroid dienone is 2. The monoisotopic (exact) mass is 276 g/mol. The highest BCUT2D eigenvalue weighted by molar-refractivity contribution is 9.09. The average Bonchev–Trinajstić information content (AvgIpc) is 2.29. The van der Waals surface area contributed by atoms with Gasteiger partial charge < -0.3 is 9.47 Å². The normalized spacial score (nSPS) is 22.3. The van der Waals surface area contributed by atoms with Crippen molar-refractivity contribution >= 4 is 15.9 Å². The molecule has 1 atom stereocenters. The lowest BCUT2D eigenvalue weighted by atomic mass is 10.2. The van der Waals surface area contributed by atoms with Gasteiger partial charge in [-0.15, -0.1) is 0 Å². The zero-order chi connectivity index (χ0) is 10.8. The molecule has 1 rings (SSSR count). The summed E-state index contributed by atoms with van der Waals surface area (Å²) in [6.45, 7) is 1.69. The summed E-state index contributed by atoms with van der Waals surface area (Å²) in [7, 11) is 0. The van der Waals surface area contributed by atoms with Crippen LogP contribution >= 0.6 is 15.9 Å². The van der Waals surface area contributed by atoms with Gasteiger partial charge in [0.05, 0.1) is 6.61 Å². The largest absolute Gasteiger partial charge is 0.353 e. The molecule has 0 amide bonds. The number of ether oxygens (including phenoxy) is 2. The van der Waals surface area contributed by atoms with Crippen molar-refractivity contribution in [2.24, 2.45) is 0 Å². The SMILES string of the molecule is BrCCC=CCCCOC1CCCCO1. The Hall–Kier alpha value is 0.140. The van der Waals surface area contributed by atoms with Crippen molar-refractivity contribution in [2.75, 3.05) is 18.5 Å². The van der Waals surface area contributed by atoms with Crippen LogP contribution in [0.15, 0.2) is 12.2 Å². The molecule has 1 aliphatic heterocycles. The van der Waals surface area contributed by atoms with Gasteiger partial charge in [0.15, 0.2) is 6.29 Å². The van der Waals surface area contributed by atoms with E-state index in [0.29, 0.717) is 0 Å². The second kappa shape index (κ2) is 9.37. The fourth-order valence-electron chi connectivity index (χ4n) is 1.56. The molecule has 3 heteroatoms. The van der Waals surface area contributed by atoms with E-state index in [-0.39, 0.29) is 6.29 Å². The molecule has 15 heavy (non-hydrogen) atoms. The van der Waals surface area contributed by atoms with Crippen molar-refractivity contribution in [3.8, 4) is 0 Å². The molecule has 0 N–H and O–H groups in total. The van der Waals surface area contributed by atoms with Crippen LogP contribution in [0.25, 0.3) is 0 Å². The van der Waals surface area contributed by atoms with E-state index in [4.69, 9.17) is 9.47 Å². The number of rotatable bonds is 7. The maximum atomic E-state index is 5.62. The van der Waals surface area contributed by atoms with Gasteiger partial charge >= 0.3 is 0 Å². The second-order valence-corrected chi connectivity index (χ2v) is 4.55. The fraction of sp³-hybridized carbons (Fsp3) is 0.833. The predicted octanol–water partition coefficient (Wildman–Crippen LogP) is 3.65. The Morgan fingerprint density at radius 2 is 2.13 bits per heavy atom. The van der Waals surface area contributed by atoms with E-state index in [1.54, 1.807) is 0 Å². The van der Waals surface area contributed by atoms with Gasteiger partial charge in [-0.05, 0) is 38.5 Å². The van der Waals surface area contributed by atoms with Crippen LogP contribution in [0.4, 0.5) is 0 Å². The van der Waals surface area contributed by atoms with Crippen LogP contribution in [0.2, 0.25) is 0 Å². The molecule has 1 fully saturated rings. The lowest BCUT2D eigenvalue weighted by Crippen LogP contribution is -2.22. The predicted molar refractivity (Wildman–Crippen MR) is 66.3 cm³/mol. The van der Waals surface area contributed by atoms with E-state index in [2.05, 4.69) is 28.1 Å². The van der Waals surface area contributed by atoms with Crippen LogP contribution < -0.4 is 0 Å². The zero-order valence-corrected chi connectivity index (χ0v) is 10.9. The topological polar surface area (TPSA) is 18.5 Å². The molecule has 88 valence electrons. The van der Waals surface area contributed by atoms with Gasteiger partial charge in [0.25, 0.3) is 0 Å². The van der Waals surface area contributed by atoms with Crippen LogP contribution in [0.1, 0.15) is 38.5 Å². The summed E-state index contributed by atoms with van der Waals surface area (Å²) in [6, 6.07) is 0. The van der Waals surface area contributed by atoms with Crippen molar-refractivity contribution in [2.45, 2.75) is 44.8 Å². The summed E-state index contributed by atoms with van der Waals surface area (Å²) < 4.78 is 11.1. The first-order chi connectivity index (χ1) is 7.43. The summed E-state index contributed by atoms with van der Waals surface area (Å²) in [5.41, 5.74) is 0. The molecular formula is C12H21BrO2. The van der Waals surface area contributed by atoms with Gasteiger partial charge in [0.2, 0.25) is 0 Å². The van der Waals surface area contributed by atoms with E-state index in [1.807, 2.05) is 0 Å². The van der Waals surface area contributed by atoms with Crippen molar-refractivity contribution < 1.29 is 9.47 Å². The first-order valence-corrected chi connectivity index (χ1v) is 7.00. The molecule has 0 spiro atoms. The van der Waals surface area contributed by atoms with Crippen molar-refractivity contribution in [1.29, 1.82) is 0 Å². The first kappa shape index (κ1) is 13.2. The van der Waals surface area contributed by atoms with E-state index in [9.17, 15) is 0 Å². The van der Waals surface area contributed by atoms with Crippen LogP contribution in [0.5, 0.6) is 0 Å². The molecule has 0 aromatic carbocycles. The van der Waals surface area contributed by atoms with Crippen molar-refractivity contribution in [3.05, 3.63) is 12.2 Å². The molecule has 0 aliphatic carbocycles. The smallest absolute Gasteiger partial charge is 0.157 e. The fourth-order valence-corrected chi connectivity index (χ4v) is 1.82. The number of hydrogen-bond acceptors (Lipinski definition) is 2. The number of unbranched alkanes of at least 4 members (excludes halogenated alkanes) is 1. The van der Waals surface area contributed by atoms with Gasteiger partial charge in [0, 0.05) is 11.9 Å². The quantitative estimate of drug-likeness (QED) is 0.402. The van der Waals surface area contributed by atoms with E-state index < -0.39 is 0 Å². The molecule has 0 aromatic heterocycles. The maximum absolute atomic E-state index is 5.62. The van der Waals surface area contributed by atoms with Gasteiger partial charge in [-0.25, -0.2) is 0 Å². The Bertz CT molecular complexity index is 165. The lowest BCUT2D eigenvalue weighted by molar-refractivity contribution is -0.162. The molecule has 2 nitrogen and oxygen atoms in total. The minimum Gasteiger partial charge on any atom is -0.353 e. The molecule has 0 aromatic rings. The number of halogens is 1. The van der Waals surface area contributed by atoms with E-state index >= 15 is 0 Å². The summed E-state index contributed by atoms with van der Waals surface area (Å²) in [5, 5.41) is 1.05. The van der Waals surface area contributed by atoms with Crippen molar-refractivity contribution in [1.82, 2.24) is 0 Å². The van der Waals surface area contributed by atoms with Gasteiger partial charge in [0.1, 0.15) is 0 Å². The molecule has 1 aliphatic rings. The Labute approximate surface area is 101 Å². The van der Waals surface area contributed by atoms with Crippen LogP contribution in [0.3, 0.4) is 0 Å². The first-order valence-electron chi connectivity index (χ1n) is 5.87. The number of hydrogen-bond donors (Lipinski definition) is 0. The third kappa shape index (κ3) is 7.09. The highest BCUT2D eigenvalue weighted by Gasteiger charge is 2.12. The number of alkyl halides is 1. The summed E-state index contributed by atoms with van der Waals surface area (Å²) in [5.74, 6) is 0. The van der Waals surface area contributed by atoms with Gasteiger partial charge in [-0.3, -0.25) is 0 Å². The molecule has 0 saturated carbocycles. The van der Waals surface area contributed by atoms with Crippen LogP contribution in [-0.2, 0) is 9.47 Å². The summed E-state index contributed by atoms with van der Waals surface area (Å²) in [6.07, 6.45) is 11.3. The standard InChI is InChI=1S/C12H21BrO2/c13-9-5-2-1-3-6-10-14-12-8-4-7-11-15-12/h1-2,12H,3-11H2. The Balaban J connectivity index is 1.87. The Morgan fingerprint density at radius 3 is 2.87 bits per heavy atom. The van der Waals surface area contributed by atoms with Crippen LogP contribution in [0, 0.1) is 0 Å². The molecular weight excluding hydrogens is 256 g/mol. The minimum atomic E-state index is 0.0743. The average molecular weight is 277 g/mol. The summed E-state index contributed by atoms with van der Waals surface area (Å²) in [4.78, 5) is 0. The lowest BCUT2D eigenvalue weighted by Gasteiger charge is -2.22. The third-order valence-corrected chi connectivity index (χ3v) is 2.86. The highest BCUT2D eigenvalue weighted by atomic mass is 79.9. The highest BCUT2D eigenvalue weighted by Crippen LogP contribution is 2.13. The Morgan fingerprint density at radius 1 is 1.27 bits per heavy atom. The summed E-state index contributed by atoms with van der Waals surface area (Å²) >= 11 is 3.39. The Kier molecular flexibility index (Phi) is 8.25. The van der Waals surface area contributed by atoms with Gasteiger partial charge in [-0.2, -0.15) is 0 Å². The van der Waals surface area contributed by atoms with E-state index in [0.717, 1.165) is 44.2 Å². The molecule has 1 unspecified atom stereocenters. The van der Waals surface area contributed by atoms with Crippen LogP contribution in [-0.4, -0.2) is 24.8 Å². The molecule has 1 heterocycles. The minimum absolute atomic E-state index is 0.0743.